The Labute approximate surface area is 182 Å². The maximum Gasteiger partial charge on any atom is 0.243 e. The molecular formula is C21H26ClN3O4S. The molecule has 2 aromatic carbocycles. The fraction of sp³-hybridized carbons (Fsp3) is 0.381. The summed E-state index contributed by atoms with van der Waals surface area (Å²) in [5.74, 6) is -0.365. The van der Waals surface area contributed by atoms with E-state index in [9.17, 15) is 13.2 Å². The van der Waals surface area contributed by atoms with Gasteiger partial charge in [-0.15, -0.1) is 0 Å². The van der Waals surface area contributed by atoms with Gasteiger partial charge in [-0.2, -0.15) is 4.31 Å². The first-order chi connectivity index (χ1) is 14.4. The van der Waals surface area contributed by atoms with E-state index in [1.54, 1.807) is 0 Å². The molecule has 9 heteroatoms. The third-order valence-electron chi connectivity index (χ3n) is 4.98. The van der Waals surface area contributed by atoms with Crippen LogP contribution < -0.4 is 5.32 Å². The molecule has 0 atom stereocenters. The molecule has 1 heterocycles. The van der Waals surface area contributed by atoms with E-state index in [2.05, 4.69) is 10.2 Å². The molecule has 0 radical (unpaired) electrons. The number of likely N-dealkylation sites (N-methyl/N-ethyl adjacent to an activating group) is 1. The van der Waals surface area contributed by atoms with E-state index in [-0.39, 0.29) is 17.3 Å². The molecule has 0 bridgehead atoms. The minimum absolute atomic E-state index is 0.0954. The van der Waals surface area contributed by atoms with Crippen LogP contribution in [0.15, 0.2) is 53.4 Å². The Kier molecular flexibility index (Phi) is 7.85. The first-order valence-corrected chi connectivity index (χ1v) is 11.5. The fourth-order valence-corrected chi connectivity index (χ4v) is 4.46. The van der Waals surface area contributed by atoms with Gasteiger partial charge in [-0.25, -0.2) is 8.42 Å². The van der Waals surface area contributed by atoms with Crippen molar-refractivity contribution in [3.8, 4) is 0 Å². The molecule has 1 aliphatic rings. The van der Waals surface area contributed by atoms with E-state index >= 15 is 0 Å². The number of nitrogens with zero attached hydrogens (tertiary/aromatic N) is 2. The maximum absolute atomic E-state index is 12.6. The van der Waals surface area contributed by atoms with Crippen LogP contribution in [0.4, 0.5) is 0 Å². The lowest BCUT2D eigenvalue weighted by Gasteiger charge is -2.27. The third kappa shape index (κ3) is 6.02. The van der Waals surface area contributed by atoms with Gasteiger partial charge in [-0.05, 0) is 35.4 Å². The molecule has 0 spiro atoms. The van der Waals surface area contributed by atoms with Crippen molar-refractivity contribution in [3.05, 3.63) is 64.7 Å². The summed E-state index contributed by atoms with van der Waals surface area (Å²) in [6.07, 6.45) is 0. The number of sulfonamides is 1. The summed E-state index contributed by atoms with van der Waals surface area (Å²) in [7, 11) is -2.38. The van der Waals surface area contributed by atoms with E-state index in [0.717, 1.165) is 48.3 Å². The topological polar surface area (TPSA) is 79.0 Å². The summed E-state index contributed by atoms with van der Waals surface area (Å²) < 4.78 is 31.7. The van der Waals surface area contributed by atoms with Crippen LogP contribution in [0.25, 0.3) is 0 Å². The number of amides is 1. The van der Waals surface area contributed by atoms with Crippen molar-refractivity contribution in [3.63, 3.8) is 0 Å². The van der Waals surface area contributed by atoms with E-state index in [1.165, 1.54) is 31.3 Å². The Hall–Kier alpha value is -1.97. The van der Waals surface area contributed by atoms with Crippen molar-refractivity contribution in [2.24, 2.45) is 0 Å². The Morgan fingerprint density at radius 2 is 1.73 bits per heavy atom. The second kappa shape index (κ2) is 10.4. The summed E-state index contributed by atoms with van der Waals surface area (Å²) in [6, 6.07) is 13.8. The van der Waals surface area contributed by atoms with Crippen molar-refractivity contribution in [1.82, 2.24) is 14.5 Å². The molecule has 0 saturated carbocycles. The largest absolute Gasteiger partial charge is 0.379 e. The van der Waals surface area contributed by atoms with Crippen LogP contribution in [-0.2, 0) is 32.6 Å². The van der Waals surface area contributed by atoms with Gasteiger partial charge in [0.05, 0.1) is 24.7 Å². The van der Waals surface area contributed by atoms with Gasteiger partial charge in [0.15, 0.2) is 0 Å². The fourth-order valence-electron chi connectivity index (χ4n) is 3.21. The van der Waals surface area contributed by atoms with Gasteiger partial charge in [0.1, 0.15) is 0 Å². The number of ether oxygens (including phenoxy) is 1. The number of carbonyl (C=O) groups excluding carboxylic acids is 1. The van der Waals surface area contributed by atoms with Crippen molar-refractivity contribution in [1.29, 1.82) is 0 Å². The first-order valence-electron chi connectivity index (χ1n) is 9.72. The lowest BCUT2D eigenvalue weighted by molar-refractivity contribution is -0.121. The normalized spacial score (nSPS) is 15.3. The Bertz CT molecular complexity index is 960. The Morgan fingerprint density at radius 3 is 2.40 bits per heavy atom. The van der Waals surface area contributed by atoms with Gasteiger partial charge >= 0.3 is 0 Å². The van der Waals surface area contributed by atoms with Gasteiger partial charge in [-0.3, -0.25) is 9.69 Å². The molecule has 1 N–H and O–H groups in total. The highest BCUT2D eigenvalue weighted by Gasteiger charge is 2.23. The van der Waals surface area contributed by atoms with Crippen molar-refractivity contribution >= 4 is 27.5 Å². The molecule has 2 aromatic rings. The number of halogens is 1. The molecule has 30 heavy (non-hydrogen) atoms. The summed E-state index contributed by atoms with van der Waals surface area (Å²) in [5, 5.41) is 3.28. The van der Waals surface area contributed by atoms with Crippen LogP contribution in [0.1, 0.15) is 11.1 Å². The average Bonchev–Trinajstić information content (AvgIpc) is 2.74. The number of hydrogen-bond acceptors (Lipinski definition) is 5. The van der Waals surface area contributed by atoms with Gasteiger partial charge in [0, 0.05) is 38.2 Å². The van der Waals surface area contributed by atoms with Crippen LogP contribution >= 0.6 is 11.6 Å². The van der Waals surface area contributed by atoms with E-state index < -0.39 is 10.0 Å². The summed E-state index contributed by atoms with van der Waals surface area (Å²) in [6.45, 7) is 4.09. The van der Waals surface area contributed by atoms with Crippen LogP contribution in [0, 0.1) is 0 Å². The molecule has 7 nitrogen and oxygen atoms in total. The summed E-state index contributed by atoms with van der Waals surface area (Å²) >= 11 is 5.82. The molecule has 1 saturated heterocycles. The first kappa shape index (κ1) is 22.7. The Balaban J connectivity index is 1.57. The van der Waals surface area contributed by atoms with E-state index in [4.69, 9.17) is 16.3 Å². The molecule has 0 aromatic heterocycles. The molecule has 1 aliphatic heterocycles. The smallest absolute Gasteiger partial charge is 0.243 e. The Morgan fingerprint density at radius 1 is 1.10 bits per heavy atom. The molecular weight excluding hydrogens is 426 g/mol. The monoisotopic (exact) mass is 451 g/mol. The number of rotatable bonds is 8. The highest BCUT2D eigenvalue weighted by atomic mass is 35.5. The summed E-state index contributed by atoms with van der Waals surface area (Å²) in [4.78, 5) is 14.8. The minimum atomic E-state index is -3.77. The number of morpholine rings is 1. The second-order valence-electron chi connectivity index (χ2n) is 7.15. The van der Waals surface area contributed by atoms with Crippen LogP contribution in [0.5, 0.6) is 0 Å². The van der Waals surface area contributed by atoms with E-state index in [1.807, 2.05) is 24.3 Å². The molecule has 162 valence electrons. The molecule has 3 rings (SSSR count). The van der Waals surface area contributed by atoms with Gasteiger partial charge < -0.3 is 10.1 Å². The quantitative estimate of drug-likeness (QED) is 0.665. The number of carbonyl (C=O) groups is 1. The minimum Gasteiger partial charge on any atom is -0.379 e. The SMILES string of the molecule is CN(CC(=O)NCc1ccccc1CN1CCOCC1)S(=O)(=O)c1ccc(Cl)cc1. The van der Waals surface area contributed by atoms with Gasteiger partial charge in [0.2, 0.25) is 15.9 Å². The van der Waals surface area contributed by atoms with E-state index in [0.29, 0.717) is 11.6 Å². The lowest BCUT2D eigenvalue weighted by Crippen LogP contribution is -2.38. The zero-order valence-electron chi connectivity index (χ0n) is 16.9. The zero-order chi connectivity index (χ0) is 21.6. The summed E-state index contributed by atoms with van der Waals surface area (Å²) in [5.41, 5.74) is 2.15. The zero-order valence-corrected chi connectivity index (χ0v) is 18.5. The maximum atomic E-state index is 12.6. The number of hydrogen-bond donors (Lipinski definition) is 1. The predicted octanol–water partition coefficient (Wildman–Crippen LogP) is 2.11. The standard InChI is InChI=1S/C21H26ClN3O4S/c1-24(30(27,28)20-8-6-19(22)7-9-20)16-21(26)23-14-17-4-2-3-5-18(17)15-25-10-12-29-13-11-25/h2-9H,10-16H2,1H3,(H,23,26). The van der Waals surface area contributed by atoms with Crippen LogP contribution in [0.3, 0.4) is 0 Å². The van der Waals surface area contributed by atoms with Crippen LogP contribution in [-0.4, -0.2) is 63.4 Å². The highest BCUT2D eigenvalue weighted by molar-refractivity contribution is 7.89. The average molecular weight is 452 g/mol. The highest BCUT2D eigenvalue weighted by Crippen LogP contribution is 2.17. The number of benzene rings is 2. The lowest BCUT2D eigenvalue weighted by atomic mass is 10.1. The molecule has 0 aliphatic carbocycles. The third-order valence-corrected chi connectivity index (χ3v) is 7.05. The molecule has 1 fully saturated rings. The second-order valence-corrected chi connectivity index (χ2v) is 9.63. The molecule has 0 unspecified atom stereocenters. The van der Waals surface area contributed by atoms with Gasteiger partial charge in [0.25, 0.3) is 0 Å². The van der Waals surface area contributed by atoms with Crippen LogP contribution in [0.2, 0.25) is 5.02 Å². The van der Waals surface area contributed by atoms with Crippen molar-refractivity contribution in [2.75, 3.05) is 39.9 Å². The van der Waals surface area contributed by atoms with Crippen molar-refractivity contribution < 1.29 is 17.9 Å². The number of nitrogens with one attached hydrogen (secondary N) is 1. The van der Waals surface area contributed by atoms with Gasteiger partial charge in [-0.1, -0.05) is 35.9 Å². The molecule has 1 amide bonds. The van der Waals surface area contributed by atoms with Crippen molar-refractivity contribution in [2.45, 2.75) is 18.0 Å². The predicted molar refractivity (Wildman–Crippen MR) is 116 cm³/mol.